The normalized spacial score (nSPS) is 12.4. The van der Waals surface area contributed by atoms with E-state index in [0.717, 1.165) is 18.5 Å². The molecule has 0 aliphatic carbocycles. The average molecular weight is 336 g/mol. The Morgan fingerprint density at radius 1 is 1.15 bits per heavy atom. The van der Waals surface area contributed by atoms with Crippen molar-refractivity contribution in [2.24, 2.45) is 0 Å². The van der Waals surface area contributed by atoms with Crippen molar-refractivity contribution in [1.82, 2.24) is 5.32 Å². The second kappa shape index (κ2) is 7.00. The summed E-state index contributed by atoms with van der Waals surface area (Å²) in [4.78, 5) is 0. The third-order valence-electron chi connectivity index (χ3n) is 3.49. The SMILES string of the molecule is CCNC(Cc1ccccc1C)c1cccc(F)c1Br. The number of rotatable bonds is 5. The summed E-state index contributed by atoms with van der Waals surface area (Å²) >= 11 is 3.37. The topological polar surface area (TPSA) is 12.0 Å². The zero-order chi connectivity index (χ0) is 14.5. The van der Waals surface area contributed by atoms with Gasteiger partial charge in [-0.2, -0.15) is 0 Å². The summed E-state index contributed by atoms with van der Waals surface area (Å²) in [7, 11) is 0. The van der Waals surface area contributed by atoms with E-state index in [4.69, 9.17) is 0 Å². The Bertz CT molecular complexity index is 583. The van der Waals surface area contributed by atoms with Crippen molar-refractivity contribution in [3.63, 3.8) is 0 Å². The number of halogens is 2. The highest BCUT2D eigenvalue weighted by atomic mass is 79.9. The molecule has 106 valence electrons. The number of hydrogen-bond acceptors (Lipinski definition) is 1. The van der Waals surface area contributed by atoms with Gasteiger partial charge in [-0.25, -0.2) is 4.39 Å². The van der Waals surface area contributed by atoms with Crippen LogP contribution in [0.15, 0.2) is 46.9 Å². The van der Waals surface area contributed by atoms with E-state index in [0.29, 0.717) is 4.47 Å². The zero-order valence-corrected chi connectivity index (χ0v) is 13.4. The van der Waals surface area contributed by atoms with Crippen molar-refractivity contribution in [2.45, 2.75) is 26.3 Å². The monoisotopic (exact) mass is 335 g/mol. The molecule has 2 aromatic rings. The highest BCUT2D eigenvalue weighted by Crippen LogP contribution is 2.29. The lowest BCUT2D eigenvalue weighted by atomic mass is 9.96. The van der Waals surface area contributed by atoms with Gasteiger partial charge in [0.1, 0.15) is 5.82 Å². The molecule has 0 saturated heterocycles. The predicted molar refractivity (Wildman–Crippen MR) is 85.4 cm³/mol. The van der Waals surface area contributed by atoms with Gasteiger partial charge >= 0.3 is 0 Å². The fourth-order valence-electron chi connectivity index (χ4n) is 2.39. The van der Waals surface area contributed by atoms with E-state index >= 15 is 0 Å². The summed E-state index contributed by atoms with van der Waals surface area (Å²) in [5.74, 6) is -0.213. The van der Waals surface area contributed by atoms with E-state index in [2.05, 4.69) is 47.2 Å². The molecule has 1 unspecified atom stereocenters. The van der Waals surface area contributed by atoms with Gasteiger partial charge in [0.05, 0.1) is 4.47 Å². The van der Waals surface area contributed by atoms with Crippen LogP contribution in [0.25, 0.3) is 0 Å². The molecule has 0 aliphatic heterocycles. The number of aryl methyl sites for hydroxylation is 1. The maximum absolute atomic E-state index is 13.7. The quantitative estimate of drug-likeness (QED) is 0.828. The van der Waals surface area contributed by atoms with E-state index in [9.17, 15) is 4.39 Å². The van der Waals surface area contributed by atoms with Crippen molar-refractivity contribution in [3.05, 3.63) is 69.4 Å². The second-order valence-corrected chi connectivity index (χ2v) is 5.68. The average Bonchev–Trinajstić information content (AvgIpc) is 2.44. The Morgan fingerprint density at radius 2 is 1.90 bits per heavy atom. The molecule has 20 heavy (non-hydrogen) atoms. The molecule has 0 fully saturated rings. The first kappa shape index (κ1) is 15.2. The molecule has 0 aromatic heterocycles. The van der Waals surface area contributed by atoms with Crippen LogP contribution in [0, 0.1) is 12.7 Å². The number of benzene rings is 2. The van der Waals surface area contributed by atoms with Gasteiger partial charge < -0.3 is 5.32 Å². The van der Waals surface area contributed by atoms with Crippen LogP contribution >= 0.6 is 15.9 Å². The molecule has 2 rings (SSSR count). The largest absolute Gasteiger partial charge is 0.310 e. The van der Waals surface area contributed by atoms with Crippen LogP contribution in [0.3, 0.4) is 0 Å². The molecule has 0 saturated carbocycles. The van der Waals surface area contributed by atoms with Crippen LogP contribution in [0.4, 0.5) is 4.39 Å². The van der Waals surface area contributed by atoms with Crippen LogP contribution < -0.4 is 5.32 Å². The lowest BCUT2D eigenvalue weighted by molar-refractivity contribution is 0.538. The van der Waals surface area contributed by atoms with Gasteiger partial charge in [-0.1, -0.05) is 43.3 Å². The van der Waals surface area contributed by atoms with Crippen LogP contribution in [0.1, 0.15) is 29.7 Å². The standard InChI is InChI=1S/C17H19BrFN/c1-3-20-16(11-13-8-5-4-7-12(13)2)14-9-6-10-15(19)17(14)18/h4-10,16,20H,3,11H2,1-2H3. The summed E-state index contributed by atoms with van der Waals surface area (Å²) < 4.78 is 14.3. The van der Waals surface area contributed by atoms with Gasteiger partial charge in [-0.15, -0.1) is 0 Å². The van der Waals surface area contributed by atoms with Crippen molar-refractivity contribution < 1.29 is 4.39 Å². The molecule has 0 amide bonds. The van der Waals surface area contributed by atoms with Crippen LogP contribution in [-0.4, -0.2) is 6.54 Å². The number of likely N-dealkylation sites (N-methyl/N-ethyl adjacent to an activating group) is 1. The molecule has 0 bridgehead atoms. The molecule has 1 atom stereocenters. The van der Waals surface area contributed by atoms with Gasteiger partial charge in [0.25, 0.3) is 0 Å². The Balaban J connectivity index is 2.32. The summed E-state index contributed by atoms with van der Waals surface area (Å²) in [5, 5.41) is 3.45. The van der Waals surface area contributed by atoms with Crippen molar-refractivity contribution in [2.75, 3.05) is 6.54 Å². The maximum Gasteiger partial charge on any atom is 0.137 e. The first-order chi connectivity index (χ1) is 9.63. The highest BCUT2D eigenvalue weighted by molar-refractivity contribution is 9.10. The van der Waals surface area contributed by atoms with Crippen molar-refractivity contribution in [3.8, 4) is 0 Å². The number of nitrogens with one attached hydrogen (secondary N) is 1. The first-order valence-corrected chi connectivity index (χ1v) is 7.64. The molecule has 0 radical (unpaired) electrons. The molecule has 0 heterocycles. The molecule has 0 aliphatic rings. The fraction of sp³-hybridized carbons (Fsp3) is 0.294. The van der Waals surface area contributed by atoms with E-state index in [-0.39, 0.29) is 11.9 Å². The molecular formula is C17H19BrFN. The summed E-state index contributed by atoms with van der Waals surface area (Å²) in [6.07, 6.45) is 0.850. The minimum atomic E-state index is -0.213. The fourth-order valence-corrected chi connectivity index (χ4v) is 2.93. The summed E-state index contributed by atoms with van der Waals surface area (Å²) in [6, 6.07) is 13.6. The molecule has 0 spiro atoms. The van der Waals surface area contributed by atoms with Crippen LogP contribution in [-0.2, 0) is 6.42 Å². The molecule has 1 N–H and O–H groups in total. The minimum absolute atomic E-state index is 0.103. The Kier molecular flexibility index (Phi) is 5.32. The maximum atomic E-state index is 13.7. The van der Waals surface area contributed by atoms with Gasteiger partial charge in [-0.3, -0.25) is 0 Å². The molecule has 1 nitrogen and oxygen atoms in total. The lowest BCUT2D eigenvalue weighted by Crippen LogP contribution is -2.23. The van der Waals surface area contributed by atoms with E-state index in [1.807, 2.05) is 18.2 Å². The van der Waals surface area contributed by atoms with Crippen LogP contribution in [0.5, 0.6) is 0 Å². The second-order valence-electron chi connectivity index (χ2n) is 4.88. The van der Waals surface area contributed by atoms with Gasteiger partial charge in [0, 0.05) is 6.04 Å². The molecule has 3 heteroatoms. The predicted octanol–water partition coefficient (Wildman–Crippen LogP) is 4.79. The van der Waals surface area contributed by atoms with E-state index in [1.54, 1.807) is 6.07 Å². The molecular weight excluding hydrogens is 317 g/mol. The van der Waals surface area contributed by atoms with Crippen molar-refractivity contribution >= 4 is 15.9 Å². The van der Waals surface area contributed by atoms with E-state index < -0.39 is 0 Å². The Labute approximate surface area is 128 Å². The number of hydrogen-bond donors (Lipinski definition) is 1. The Hall–Kier alpha value is -1.19. The third kappa shape index (κ3) is 3.47. The van der Waals surface area contributed by atoms with Gasteiger partial charge in [0.15, 0.2) is 0 Å². The zero-order valence-electron chi connectivity index (χ0n) is 11.8. The summed E-state index contributed by atoms with van der Waals surface area (Å²) in [5.41, 5.74) is 3.52. The van der Waals surface area contributed by atoms with Gasteiger partial charge in [0.2, 0.25) is 0 Å². The smallest absolute Gasteiger partial charge is 0.137 e. The minimum Gasteiger partial charge on any atom is -0.310 e. The third-order valence-corrected chi connectivity index (χ3v) is 4.33. The molecule has 2 aromatic carbocycles. The van der Waals surface area contributed by atoms with E-state index in [1.165, 1.54) is 17.2 Å². The Morgan fingerprint density at radius 3 is 2.60 bits per heavy atom. The van der Waals surface area contributed by atoms with Gasteiger partial charge in [-0.05, 0) is 58.6 Å². The lowest BCUT2D eigenvalue weighted by Gasteiger charge is -2.21. The first-order valence-electron chi connectivity index (χ1n) is 6.85. The van der Waals surface area contributed by atoms with Crippen LogP contribution in [0.2, 0.25) is 0 Å². The highest BCUT2D eigenvalue weighted by Gasteiger charge is 2.17. The van der Waals surface area contributed by atoms with Crippen molar-refractivity contribution in [1.29, 1.82) is 0 Å². The summed E-state index contributed by atoms with van der Waals surface area (Å²) in [6.45, 7) is 5.02.